The standard InChI is InChI=1S/C32H41N7O2/c1-8-9-10-15-31(40)34-26-19-27(30(41-7)20-29(26)38(5)17-16-37(3)4)36-32-33-22(2)18-25(35-32)24-21-39(6)28-14-12-11-13-23(24)28/h10-15,18-21H,8-9,16-17H2,1-7H3,(H,34,40)(H,33,35,36)/b15-10-. The number of rotatable bonds is 12. The molecule has 9 nitrogen and oxygen atoms in total. The van der Waals surface area contributed by atoms with Gasteiger partial charge in [-0.3, -0.25) is 4.79 Å². The molecule has 0 spiro atoms. The van der Waals surface area contributed by atoms with Gasteiger partial charge in [-0.2, -0.15) is 0 Å². The van der Waals surface area contributed by atoms with Gasteiger partial charge in [0.15, 0.2) is 0 Å². The minimum Gasteiger partial charge on any atom is -0.494 e. The van der Waals surface area contributed by atoms with Crippen molar-refractivity contribution in [1.29, 1.82) is 0 Å². The van der Waals surface area contributed by atoms with Crippen LogP contribution in [0, 0.1) is 6.92 Å². The molecule has 4 rings (SSSR count). The lowest BCUT2D eigenvalue weighted by molar-refractivity contribution is -0.111. The van der Waals surface area contributed by atoms with Gasteiger partial charge in [0.25, 0.3) is 0 Å². The van der Waals surface area contributed by atoms with Crippen LogP contribution in [0.2, 0.25) is 0 Å². The molecule has 4 aromatic rings. The lowest BCUT2D eigenvalue weighted by Gasteiger charge is -2.26. The number of ether oxygens (including phenoxy) is 1. The van der Waals surface area contributed by atoms with Gasteiger partial charge < -0.3 is 29.7 Å². The Morgan fingerprint density at radius 2 is 1.85 bits per heavy atom. The second kappa shape index (κ2) is 13.3. The quantitative estimate of drug-likeness (QED) is 0.208. The van der Waals surface area contributed by atoms with Crippen molar-refractivity contribution < 1.29 is 9.53 Å². The van der Waals surface area contributed by atoms with Crippen molar-refractivity contribution in [2.45, 2.75) is 26.7 Å². The number of allylic oxidation sites excluding steroid dienone is 1. The van der Waals surface area contributed by atoms with E-state index in [0.717, 1.165) is 59.5 Å². The second-order valence-electron chi connectivity index (χ2n) is 10.5. The summed E-state index contributed by atoms with van der Waals surface area (Å²) in [7, 11) is 9.75. The Morgan fingerprint density at radius 3 is 2.59 bits per heavy atom. The van der Waals surface area contributed by atoms with E-state index in [1.54, 1.807) is 13.2 Å². The summed E-state index contributed by atoms with van der Waals surface area (Å²) in [6.07, 6.45) is 7.40. The normalized spacial score (nSPS) is 11.4. The molecule has 1 amide bonds. The molecule has 0 unspecified atom stereocenters. The number of carbonyl (C=O) groups excluding carboxylic acids is 1. The lowest BCUT2D eigenvalue weighted by Crippen LogP contribution is -2.29. The molecular formula is C32H41N7O2. The SMILES string of the molecule is CCC/C=C\C(=O)Nc1cc(Nc2nc(C)cc(-c3cn(C)c4ccccc34)n2)c(OC)cc1N(C)CCN(C)C. The molecule has 216 valence electrons. The topological polar surface area (TPSA) is 87.5 Å². The van der Waals surface area contributed by atoms with E-state index in [1.807, 2.05) is 71.5 Å². The minimum absolute atomic E-state index is 0.179. The summed E-state index contributed by atoms with van der Waals surface area (Å²) in [5.41, 5.74) is 6.00. The molecule has 0 saturated heterocycles. The number of aryl methyl sites for hydroxylation is 2. The van der Waals surface area contributed by atoms with Gasteiger partial charge in [-0.15, -0.1) is 0 Å². The number of anilines is 4. The molecule has 2 aromatic carbocycles. The van der Waals surface area contributed by atoms with Crippen LogP contribution in [-0.2, 0) is 11.8 Å². The molecule has 2 aromatic heterocycles. The summed E-state index contributed by atoms with van der Waals surface area (Å²) in [6.45, 7) is 5.67. The molecule has 2 heterocycles. The molecule has 0 saturated carbocycles. The summed E-state index contributed by atoms with van der Waals surface area (Å²) >= 11 is 0. The third-order valence-electron chi connectivity index (χ3n) is 6.87. The van der Waals surface area contributed by atoms with Gasteiger partial charge in [0.1, 0.15) is 5.75 Å². The van der Waals surface area contributed by atoms with Crippen LogP contribution in [-0.4, -0.2) is 66.7 Å². The van der Waals surface area contributed by atoms with Crippen molar-refractivity contribution in [1.82, 2.24) is 19.4 Å². The highest BCUT2D eigenvalue weighted by molar-refractivity contribution is 6.02. The molecule has 0 fully saturated rings. The van der Waals surface area contributed by atoms with Crippen LogP contribution in [0.4, 0.5) is 23.0 Å². The third-order valence-corrected chi connectivity index (χ3v) is 6.87. The van der Waals surface area contributed by atoms with Crippen molar-refractivity contribution in [3.05, 3.63) is 66.5 Å². The highest BCUT2D eigenvalue weighted by atomic mass is 16.5. The van der Waals surface area contributed by atoms with Crippen LogP contribution >= 0.6 is 0 Å². The highest BCUT2D eigenvalue weighted by Gasteiger charge is 2.18. The van der Waals surface area contributed by atoms with Gasteiger partial charge >= 0.3 is 0 Å². The fourth-order valence-corrected chi connectivity index (χ4v) is 4.68. The number of benzene rings is 2. The summed E-state index contributed by atoms with van der Waals surface area (Å²) in [6, 6.07) is 14.1. The number of unbranched alkanes of at least 4 members (excludes halogenated alkanes) is 1. The van der Waals surface area contributed by atoms with Gasteiger partial charge in [0.2, 0.25) is 11.9 Å². The molecule has 9 heteroatoms. The first-order chi connectivity index (χ1) is 19.7. The van der Waals surface area contributed by atoms with Crippen LogP contribution in [0.3, 0.4) is 0 Å². The maximum atomic E-state index is 12.8. The van der Waals surface area contributed by atoms with E-state index in [4.69, 9.17) is 9.72 Å². The van der Waals surface area contributed by atoms with Crippen LogP contribution < -0.4 is 20.3 Å². The van der Waals surface area contributed by atoms with E-state index < -0.39 is 0 Å². The average molecular weight is 556 g/mol. The molecule has 2 N–H and O–H groups in total. The van der Waals surface area contributed by atoms with Crippen LogP contribution in [0.5, 0.6) is 5.75 Å². The van der Waals surface area contributed by atoms with E-state index in [2.05, 4.69) is 55.2 Å². The van der Waals surface area contributed by atoms with E-state index in [0.29, 0.717) is 23.1 Å². The number of hydrogen-bond donors (Lipinski definition) is 2. The number of hydrogen-bond acceptors (Lipinski definition) is 7. The molecule has 0 radical (unpaired) electrons. The first-order valence-corrected chi connectivity index (χ1v) is 13.9. The number of amides is 1. The van der Waals surface area contributed by atoms with E-state index in [-0.39, 0.29) is 5.91 Å². The maximum Gasteiger partial charge on any atom is 0.248 e. The van der Waals surface area contributed by atoms with Gasteiger partial charge in [-0.1, -0.05) is 37.6 Å². The Labute approximate surface area is 242 Å². The predicted octanol–water partition coefficient (Wildman–Crippen LogP) is 5.99. The summed E-state index contributed by atoms with van der Waals surface area (Å²) < 4.78 is 7.90. The first kappa shape index (κ1) is 29.6. The van der Waals surface area contributed by atoms with Gasteiger partial charge in [0.05, 0.1) is 29.9 Å². The predicted molar refractivity (Wildman–Crippen MR) is 169 cm³/mol. The fourth-order valence-electron chi connectivity index (χ4n) is 4.68. The van der Waals surface area contributed by atoms with Crippen molar-refractivity contribution in [3.8, 4) is 17.0 Å². The van der Waals surface area contributed by atoms with Crippen molar-refractivity contribution in [2.24, 2.45) is 7.05 Å². The van der Waals surface area contributed by atoms with Crippen molar-refractivity contribution in [2.75, 3.05) is 56.9 Å². The van der Waals surface area contributed by atoms with E-state index in [9.17, 15) is 4.79 Å². The number of aromatic nitrogens is 3. The lowest BCUT2D eigenvalue weighted by atomic mass is 10.1. The minimum atomic E-state index is -0.179. The number of methoxy groups -OCH3 is 1. The third kappa shape index (κ3) is 7.24. The first-order valence-electron chi connectivity index (χ1n) is 13.9. The van der Waals surface area contributed by atoms with Gasteiger partial charge in [-0.25, -0.2) is 9.97 Å². The highest BCUT2D eigenvalue weighted by Crippen LogP contribution is 2.38. The van der Waals surface area contributed by atoms with Crippen molar-refractivity contribution in [3.63, 3.8) is 0 Å². The monoisotopic (exact) mass is 555 g/mol. The summed E-state index contributed by atoms with van der Waals surface area (Å²) in [5, 5.41) is 7.56. The van der Waals surface area contributed by atoms with Gasteiger partial charge in [0, 0.05) is 61.6 Å². The molecular weight excluding hydrogens is 514 g/mol. The molecule has 0 atom stereocenters. The van der Waals surface area contributed by atoms with Crippen LogP contribution in [0.25, 0.3) is 22.2 Å². The number of fused-ring (bicyclic) bond motifs is 1. The van der Waals surface area contributed by atoms with Crippen LogP contribution in [0.15, 0.2) is 60.8 Å². The Bertz CT molecular complexity index is 1540. The number of nitrogens with one attached hydrogen (secondary N) is 2. The Balaban J connectivity index is 1.73. The molecule has 0 bridgehead atoms. The number of para-hydroxylation sites is 1. The van der Waals surface area contributed by atoms with Gasteiger partial charge in [-0.05, 0) is 51.7 Å². The molecule has 0 aliphatic carbocycles. The Morgan fingerprint density at radius 1 is 1.07 bits per heavy atom. The van der Waals surface area contributed by atoms with E-state index >= 15 is 0 Å². The molecule has 0 aliphatic heterocycles. The smallest absolute Gasteiger partial charge is 0.248 e. The number of likely N-dealkylation sites (N-methyl/N-ethyl adjacent to an activating group) is 2. The number of carbonyl (C=O) groups is 1. The molecule has 0 aliphatic rings. The summed E-state index contributed by atoms with van der Waals surface area (Å²) in [4.78, 5) is 26.6. The van der Waals surface area contributed by atoms with Crippen LogP contribution in [0.1, 0.15) is 25.5 Å². The van der Waals surface area contributed by atoms with E-state index in [1.165, 1.54) is 0 Å². The largest absolute Gasteiger partial charge is 0.494 e. The Hall–Kier alpha value is -4.37. The van der Waals surface area contributed by atoms with Crippen molar-refractivity contribution >= 4 is 39.8 Å². The summed E-state index contributed by atoms with van der Waals surface area (Å²) in [5.74, 6) is 0.884. The zero-order valence-electron chi connectivity index (χ0n) is 25.2. The molecule has 41 heavy (non-hydrogen) atoms. The zero-order chi connectivity index (χ0) is 29.5. The Kier molecular flexibility index (Phi) is 9.62. The average Bonchev–Trinajstić information content (AvgIpc) is 3.28. The number of nitrogens with zero attached hydrogens (tertiary/aromatic N) is 5. The zero-order valence-corrected chi connectivity index (χ0v) is 25.2. The fraction of sp³-hybridized carbons (Fsp3) is 0.344. The second-order valence-corrected chi connectivity index (χ2v) is 10.5. The maximum absolute atomic E-state index is 12.8.